The van der Waals surface area contributed by atoms with E-state index in [2.05, 4.69) is 4.98 Å². The molecule has 0 unspecified atom stereocenters. The number of hydrogen-bond donors (Lipinski definition) is 1. The Hall–Kier alpha value is -1.10. The summed E-state index contributed by atoms with van der Waals surface area (Å²) in [6.45, 7) is 0. The van der Waals surface area contributed by atoms with Crippen LogP contribution in [0.2, 0.25) is 0 Å². The van der Waals surface area contributed by atoms with Crippen LogP contribution in [0.15, 0.2) is 18.3 Å². The third-order valence-electron chi connectivity index (χ3n) is 2.92. The van der Waals surface area contributed by atoms with E-state index in [1.807, 2.05) is 0 Å². The molecule has 88 valence electrons. The van der Waals surface area contributed by atoms with Crippen molar-refractivity contribution in [2.24, 2.45) is 5.73 Å². The average molecular weight is 230 g/mol. The molecule has 1 fully saturated rings. The van der Waals surface area contributed by atoms with Crippen LogP contribution in [0.4, 0.5) is 13.2 Å². The molecule has 1 heterocycles. The van der Waals surface area contributed by atoms with Gasteiger partial charge in [-0.15, -0.1) is 0 Å². The molecule has 1 aromatic rings. The van der Waals surface area contributed by atoms with E-state index in [1.165, 1.54) is 12.3 Å². The van der Waals surface area contributed by atoms with Crippen molar-refractivity contribution in [3.8, 4) is 0 Å². The van der Waals surface area contributed by atoms with Crippen molar-refractivity contribution in [2.45, 2.75) is 37.4 Å². The second-order valence-corrected chi connectivity index (χ2v) is 4.41. The average Bonchev–Trinajstić information content (AvgIpc) is 2.94. The number of pyridine rings is 1. The summed E-state index contributed by atoms with van der Waals surface area (Å²) in [5.74, 6) is 0. The van der Waals surface area contributed by atoms with Crippen LogP contribution in [-0.4, -0.2) is 10.5 Å². The lowest BCUT2D eigenvalue weighted by atomic mass is 10.1. The van der Waals surface area contributed by atoms with Gasteiger partial charge in [0.15, 0.2) is 0 Å². The highest BCUT2D eigenvalue weighted by Crippen LogP contribution is 2.36. The fourth-order valence-corrected chi connectivity index (χ4v) is 1.54. The maximum Gasteiger partial charge on any atom is 0.433 e. The van der Waals surface area contributed by atoms with Crippen LogP contribution in [0.25, 0.3) is 0 Å². The number of aryl methyl sites for hydroxylation is 1. The second-order valence-electron chi connectivity index (χ2n) is 4.41. The van der Waals surface area contributed by atoms with E-state index < -0.39 is 11.9 Å². The van der Waals surface area contributed by atoms with E-state index in [0.29, 0.717) is 6.42 Å². The number of aromatic nitrogens is 1. The molecule has 1 aliphatic rings. The van der Waals surface area contributed by atoms with Gasteiger partial charge in [-0.25, -0.2) is 0 Å². The largest absolute Gasteiger partial charge is 0.433 e. The summed E-state index contributed by atoms with van der Waals surface area (Å²) >= 11 is 0. The molecule has 0 amide bonds. The highest BCUT2D eigenvalue weighted by Gasteiger charge is 2.37. The second kappa shape index (κ2) is 3.73. The van der Waals surface area contributed by atoms with E-state index in [-0.39, 0.29) is 5.54 Å². The van der Waals surface area contributed by atoms with Gasteiger partial charge < -0.3 is 5.73 Å². The summed E-state index contributed by atoms with van der Waals surface area (Å²) in [7, 11) is 0. The van der Waals surface area contributed by atoms with Crippen molar-refractivity contribution in [1.82, 2.24) is 4.98 Å². The van der Waals surface area contributed by atoms with Gasteiger partial charge in [0.05, 0.1) is 0 Å². The number of nitrogens with two attached hydrogens (primary N) is 1. The smallest absolute Gasteiger partial charge is 0.325 e. The first-order valence-corrected chi connectivity index (χ1v) is 5.20. The van der Waals surface area contributed by atoms with Gasteiger partial charge in [-0.1, -0.05) is 6.07 Å². The number of halogens is 3. The number of hydrogen-bond acceptors (Lipinski definition) is 2. The molecule has 0 atom stereocenters. The summed E-state index contributed by atoms with van der Waals surface area (Å²) < 4.78 is 36.7. The summed E-state index contributed by atoms with van der Waals surface area (Å²) in [5, 5.41) is 0. The van der Waals surface area contributed by atoms with E-state index in [4.69, 9.17) is 5.73 Å². The third kappa shape index (κ3) is 2.72. The van der Waals surface area contributed by atoms with Gasteiger partial charge in [0, 0.05) is 11.7 Å². The van der Waals surface area contributed by atoms with E-state index in [9.17, 15) is 13.2 Å². The lowest BCUT2D eigenvalue weighted by Crippen LogP contribution is -2.22. The molecular formula is C11H13F3N2. The van der Waals surface area contributed by atoms with Crippen LogP contribution in [0.5, 0.6) is 0 Å². The molecule has 2 N–H and O–H groups in total. The van der Waals surface area contributed by atoms with Crippen molar-refractivity contribution < 1.29 is 13.2 Å². The molecule has 5 heteroatoms. The van der Waals surface area contributed by atoms with Gasteiger partial charge in [0.2, 0.25) is 0 Å². The molecule has 0 saturated heterocycles. The minimum atomic E-state index is -4.36. The van der Waals surface area contributed by atoms with E-state index in [1.54, 1.807) is 0 Å². The Bertz CT molecular complexity index is 366. The Labute approximate surface area is 91.7 Å². The highest BCUT2D eigenvalue weighted by molar-refractivity contribution is 5.17. The molecule has 0 bridgehead atoms. The fraction of sp³-hybridized carbons (Fsp3) is 0.545. The SMILES string of the molecule is NC1(CCc2ccc(C(F)(F)F)nc2)CC1. The molecule has 0 aliphatic heterocycles. The summed E-state index contributed by atoms with van der Waals surface area (Å²) in [5.41, 5.74) is 5.79. The standard InChI is InChI=1S/C11H13F3N2/c12-11(13,14)9-2-1-8(7-16-9)3-4-10(15)5-6-10/h1-2,7H,3-6,15H2. The molecule has 1 aliphatic carbocycles. The van der Waals surface area contributed by atoms with Crippen LogP contribution >= 0.6 is 0 Å². The van der Waals surface area contributed by atoms with Gasteiger partial charge >= 0.3 is 6.18 Å². The highest BCUT2D eigenvalue weighted by atomic mass is 19.4. The topological polar surface area (TPSA) is 38.9 Å². The zero-order valence-corrected chi connectivity index (χ0v) is 8.72. The minimum Gasteiger partial charge on any atom is -0.325 e. The Morgan fingerprint density at radius 2 is 2.00 bits per heavy atom. The zero-order chi connectivity index (χ0) is 11.8. The zero-order valence-electron chi connectivity index (χ0n) is 8.72. The van der Waals surface area contributed by atoms with Crippen molar-refractivity contribution in [3.05, 3.63) is 29.6 Å². The van der Waals surface area contributed by atoms with E-state index in [0.717, 1.165) is 30.9 Å². The normalized spacial score (nSPS) is 18.5. The van der Waals surface area contributed by atoms with Gasteiger partial charge in [-0.05, 0) is 37.3 Å². The van der Waals surface area contributed by atoms with Crippen molar-refractivity contribution >= 4 is 0 Å². The van der Waals surface area contributed by atoms with Crippen LogP contribution < -0.4 is 5.73 Å². The maximum absolute atomic E-state index is 12.2. The first-order valence-electron chi connectivity index (χ1n) is 5.20. The molecule has 0 spiro atoms. The fourth-order valence-electron chi connectivity index (χ4n) is 1.54. The quantitative estimate of drug-likeness (QED) is 0.866. The maximum atomic E-state index is 12.2. The third-order valence-corrected chi connectivity index (χ3v) is 2.92. The van der Waals surface area contributed by atoms with Gasteiger partial charge in [0.25, 0.3) is 0 Å². The summed E-state index contributed by atoms with van der Waals surface area (Å²) in [6.07, 6.45) is 0.475. The minimum absolute atomic E-state index is 0.0668. The molecule has 0 radical (unpaired) electrons. The summed E-state index contributed by atoms with van der Waals surface area (Å²) in [4.78, 5) is 3.41. The van der Waals surface area contributed by atoms with Crippen LogP contribution in [-0.2, 0) is 12.6 Å². The van der Waals surface area contributed by atoms with Crippen LogP contribution in [0, 0.1) is 0 Å². The molecule has 1 aromatic heterocycles. The Balaban J connectivity index is 1.96. The van der Waals surface area contributed by atoms with Gasteiger partial charge in [-0.3, -0.25) is 4.98 Å². The molecule has 2 nitrogen and oxygen atoms in total. The molecule has 16 heavy (non-hydrogen) atoms. The number of nitrogens with zero attached hydrogens (tertiary/aromatic N) is 1. The van der Waals surface area contributed by atoms with E-state index >= 15 is 0 Å². The molecular weight excluding hydrogens is 217 g/mol. The molecule has 1 saturated carbocycles. The Morgan fingerprint density at radius 3 is 2.44 bits per heavy atom. The van der Waals surface area contributed by atoms with Crippen LogP contribution in [0.3, 0.4) is 0 Å². The van der Waals surface area contributed by atoms with Crippen molar-refractivity contribution in [1.29, 1.82) is 0 Å². The lowest BCUT2D eigenvalue weighted by Gasteiger charge is -2.09. The predicted octanol–water partition coefficient (Wildman–Crippen LogP) is 2.52. The number of alkyl halides is 3. The predicted molar refractivity (Wildman–Crippen MR) is 53.7 cm³/mol. The van der Waals surface area contributed by atoms with Gasteiger partial charge in [0.1, 0.15) is 5.69 Å². The summed E-state index contributed by atoms with van der Waals surface area (Å²) in [6, 6.07) is 2.49. The Morgan fingerprint density at radius 1 is 1.31 bits per heavy atom. The number of rotatable bonds is 3. The Kier molecular flexibility index (Phi) is 2.66. The monoisotopic (exact) mass is 230 g/mol. The first kappa shape index (κ1) is 11.4. The molecule has 2 rings (SSSR count). The van der Waals surface area contributed by atoms with Gasteiger partial charge in [-0.2, -0.15) is 13.2 Å². The van der Waals surface area contributed by atoms with Crippen LogP contribution in [0.1, 0.15) is 30.5 Å². The lowest BCUT2D eigenvalue weighted by molar-refractivity contribution is -0.141. The van der Waals surface area contributed by atoms with Crippen molar-refractivity contribution in [3.63, 3.8) is 0 Å². The first-order chi connectivity index (χ1) is 7.39. The van der Waals surface area contributed by atoms with Crippen molar-refractivity contribution in [2.75, 3.05) is 0 Å². The molecule has 0 aromatic carbocycles.